The Morgan fingerprint density at radius 1 is 1.09 bits per heavy atom. The summed E-state index contributed by atoms with van der Waals surface area (Å²) >= 11 is 0. The van der Waals surface area contributed by atoms with Crippen LogP contribution in [0.4, 0.5) is 0 Å². The quantitative estimate of drug-likeness (QED) is 0.591. The van der Waals surface area contributed by atoms with E-state index in [1.54, 1.807) is 0 Å². The van der Waals surface area contributed by atoms with Crippen LogP contribution in [0.1, 0.15) is 47.0 Å². The number of hydrogen-bond donors (Lipinski definition) is 4. The second-order valence-electron chi connectivity index (χ2n) is 6.58. The maximum atomic E-state index is 9.97. The van der Waals surface area contributed by atoms with E-state index < -0.39 is 11.9 Å². The van der Waals surface area contributed by atoms with Gasteiger partial charge in [0.15, 0.2) is 0 Å². The van der Waals surface area contributed by atoms with Crippen LogP contribution < -0.4 is 0 Å². The third-order valence-electron chi connectivity index (χ3n) is 4.80. The molecule has 1 unspecified atom stereocenters. The summed E-state index contributed by atoms with van der Waals surface area (Å²) in [4.78, 5) is 21.5. The zero-order chi connectivity index (χ0) is 17.6. The van der Waals surface area contributed by atoms with E-state index in [2.05, 4.69) is 32.6 Å². The third kappa shape index (κ3) is 5.55. The Labute approximate surface area is 131 Å². The van der Waals surface area contributed by atoms with Crippen molar-refractivity contribution in [1.29, 1.82) is 0 Å². The molecule has 1 saturated heterocycles. The van der Waals surface area contributed by atoms with E-state index in [9.17, 15) is 14.7 Å². The molecule has 0 aromatic heterocycles. The average molecular weight is 319 g/mol. The van der Waals surface area contributed by atoms with Gasteiger partial charge in [-0.25, -0.2) is 0 Å². The number of carboxylic acid groups (broad SMARTS) is 2. The van der Waals surface area contributed by atoms with Crippen molar-refractivity contribution in [2.75, 3.05) is 19.7 Å². The normalized spacial score (nSPS) is 23.3. The fourth-order valence-electron chi connectivity index (χ4n) is 2.46. The van der Waals surface area contributed by atoms with Gasteiger partial charge >= 0.3 is 11.9 Å². The van der Waals surface area contributed by atoms with E-state index in [1.165, 1.54) is 0 Å². The predicted octanol–water partition coefficient (Wildman–Crippen LogP) is 0.786. The minimum Gasteiger partial charge on any atom is -0.481 e. The molecule has 1 aliphatic rings. The first-order chi connectivity index (χ1) is 9.96. The summed E-state index contributed by atoms with van der Waals surface area (Å²) in [6, 6.07) is 0. The van der Waals surface area contributed by atoms with E-state index in [0.717, 1.165) is 13.0 Å². The number of carboxylic acids is 2. The molecule has 1 heterocycles. The van der Waals surface area contributed by atoms with Crippen LogP contribution in [-0.4, -0.2) is 68.6 Å². The first kappa shape index (κ1) is 20.8. The number of hydrogen-bond acceptors (Lipinski definition) is 5. The van der Waals surface area contributed by atoms with Gasteiger partial charge in [0.25, 0.3) is 0 Å². The molecule has 130 valence electrons. The van der Waals surface area contributed by atoms with Crippen molar-refractivity contribution >= 4 is 11.9 Å². The van der Waals surface area contributed by atoms with Gasteiger partial charge in [-0.3, -0.25) is 14.5 Å². The minimum atomic E-state index is -1.08. The number of likely N-dealkylation sites (tertiary alicyclic amines) is 1. The zero-order valence-corrected chi connectivity index (χ0v) is 13.9. The fourth-order valence-corrected chi connectivity index (χ4v) is 2.46. The van der Waals surface area contributed by atoms with E-state index in [0.29, 0.717) is 6.54 Å². The second-order valence-corrected chi connectivity index (χ2v) is 6.58. The second kappa shape index (κ2) is 8.45. The first-order valence-electron chi connectivity index (χ1n) is 7.44. The maximum Gasteiger partial charge on any atom is 0.303 e. The molecule has 0 spiro atoms. The molecule has 22 heavy (non-hydrogen) atoms. The van der Waals surface area contributed by atoms with Gasteiger partial charge < -0.3 is 20.4 Å². The van der Waals surface area contributed by atoms with Crippen LogP contribution in [0.25, 0.3) is 0 Å². The standard InChI is InChI=1S/C11H23NO2.C4H6O4/c1-10(2)9(14)5-6-12(7-8-13)11(10,3)4;5-3(6)1-2-4(7)8/h9,13-14H,5-8H2,1-4H3;1-2H2,(H,5,6)(H,7,8). The van der Waals surface area contributed by atoms with Crippen LogP contribution >= 0.6 is 0 Å². The molecule has 0 aromatic carbocycles. The van der Waals surface area contributed by atoms with Crippen molar-refractivity contribution in [2.24, 2.45) is 5.41 Å². The predicted molar refractivity (Wildman–Crippen MR) is 81.6 cm³/mol. The highest BCUT2D eigenvalue weighted by molar-refractivity contribution is 5.75. The Hall–Kier alpha value is -1.18. The number of aliphatic hydroxyl groups is 2. The summed E-state index contributed by atoms with van der Waals surface area (Å²) < 4.78 is 0. The lowest BCUT2D eigenvalue weighted by molar-refractivity contribution is -0.143. The molecule has 0 amide bonds. The molecular formula is C15H29NO6. The van der Waals surface area contributed by atoms with E-state index in [-0.39, 0.29) is 36.5 Å². The average Bonchev–Trinajstić information content (AvgIpc) is 2.39. The number of rotatable bonds is 5. The third-order valence-corrected chi connectivity index (χ3v) is 4.80. The number of β-amino-alcohol motifs (C(OH)–C–C–N with tert-alkyl or cyclic N) is 1. The molecular weight excluding hydrogens is 290 g/mol. The van der Waals surface area contributed by atoms with Crippen molar-refractivity contribution in [1.82, 2.24) is 4.90 Å². The van der Waals surface area contributed by atoms with Crippen LogP contribution in [0, 0.1) is 5.41 Å². The topological polar surface area (TPSA) is 118 Å². The van der Waals surface area contributed by atoms with Gasteiger partial charge in [-0.2, -0.15) is 0 Å². The van der Waals surface area contributed by atoms with Crippen LogP contribution in [0.3, 0.4) is 0 Å². The Morgan fingerprint density at radius 2 is 1.55 bits per heavy atom. The van der Waals surface area contributed by atoms with Crippen molar-refractivity contribution in [2.45, 2.75) is 58.6 Å². The Balaban J connectivity index is 0.000000472. The molecule has 4 N–H and O–H groups in total. The number of nitrogens with zero attached hydrogens (tertiary/aromatic N) is 1. The highest BCUT2D eigenvalue weighted by Gasteiger charge is 2.49. The van der Waals surface area contributed by atoms with Crippen molar-refractivity contribution in [3.63, 3.8) is 0 Å². The van der Waals surface area contributed by atoms with Gasteiger partial charge in [0.05, 0.1) is 25.6 Å². The van der Waals surface area contributed by atoms with Crippen molar-refractivity contribution in [3.05, 3.63) is 0 Å². The van der Waals surface area contributed by atoms with Crippen LogP contribution in [0.15, 0.2) is 0 Å². The van der Waals surface area contributed by atoms with Crippen LogP contribution in [0.2, 0.25) is 0 Å². The molecule has 7 heteroatoms. The lowest BCUT2D eigenvalue weighted by atomic mass is 9.66. The molecule has 0 bridgehead atoms. The number of aliphatic carboxylic acids is 2. The van der Waals surface area contributed by atoms with Gasteiger partial charge in [-0.05, 0) is 20.3 Å². The lowest BCUT2D eigenvalue weighted by Gasteiger charge is -2.55. The number of carbonyl (C=O) groups is 2. The van der Waals surface area contributed by atoms with Crippen molar-refractivity contribution in [3.8, 4) is 0 Å². The van der Waals surface area contributed by atoms with Crippen LogP contribution in [-0.2, 0) is 9.59 Å². The zero-order valence-electron chi connectivity index (χ0n) is 13.9. The summed E-state index contributed by atoms with van der Waals surface area (Å²) in [5.74, 6) is -2.15. The molecule has 1 atom stereocenters. The molecule has 0 aromatic rings. The first-order valence-corrected chi connectivity index (χ1v) is 7.44. The molecule has 1 rings (SSSR count). The Morgan fingerprint density at radius 3 is 1.91 bits per heavy atom. The van der Waals surface area contributed by atoms with Crippen LogP contribution in [0.5, 0.6) is 0 Å². The molecule has 7 nitrogen and oxygen atoms in total. The van der Waals surface area contributed by atoms with Gasteiger partial charge in [-0.1, -0.05) is 13.8 Å². The highest BCUT2D eigenvalue weighted by Crippen LogP contribution is 2.43. The highest BCUT2D eigenvalue weighted by atomic mass is 16.4. The van der Waals surface area contributed by atoms with Gasteiger partial charge in [0.1, 0.15) is 0 Å². The summed E-state index contributed by atoms with van der Waals surface area (Å²) in [6.45, 7) is 10.2. The molecule has 1 aliphatic heterocycles. The van der Waals surface area contributed by atoms with E-state index in [1.807, 2.05) is 0 Å². The monoisotopic (exact) mass is 319 g/mol. The molecule has 0 aliphatic carbocycles. The summed E-state index contributed by atoms with van der Waals surface area (Å²) in [7, 11) is 0. The summed E-state index contributed by atoms with van der Waals surface area (Å²) in [6.07, 6.45) is -0.0337. The Bertz CT molecular complexity index is 366. The van der Waals surface area contributed by atoms with Gasteiger partial charge in [-0.15, -0.1) is 0 Å². The van der Waals surface area contributed by atoms with E-state index in [4.69, 9.17) is 15.3 Å². The molecule has 0 radical (unpaired) electrons. The number of aliphatic hydroxyl groups excluding tert-OH is 2. The SMILES string of the molecule is CC1(C)C(O)CCN(CCO)C1(C)C.O=C(O)CCC(=O)O. The van der Waals surface area contributed by atoms with Gasteiger partial charge in [0, 0.05) is 24.0 Å². The summed E-state index contributed by atoms with van der Waals surface area (Å²) in [5.41, 5.74) is -0.187. The van der Waals surface area contributed by atoms with E-state index >= 15 is 0 Å². The molecule has 1 fully saturated rings. The molecule has 0 saturated carbocycles. The largest absolute Gasteiger partial charge is 0.481 e. The minimum absolute atomic E-state index is 0.0621. The summed E-state index contributed by atoms with van der Waals surface area (Å²) in [5, 5.41) is 34.8. The van der Waals surface area contributed by atoms with Gasteiger partial charge in [0.2, 0.25) is 0 Å². The lowest BCUT2D eigenvalue weighted by Crippen LogP contribution is -2.63. The fraction of sp³-hybridized carbons (Fsp3) is 0.867. The maximum absolute atomic E-state index is 9.97. The number of piperidine rings is 1. The smallest absolute Gasteiger partial charge is 0.303 e. The van der Waals surface area contributed by atoms with Crippen molar-refractivity contribution < 1.29 is 30.0 Å². The Kier molecular flexibility index (Phi) is 8.00.